The number of hydrogen-bond acceptors (Lipinski definition) is 3. The van der Waals surface area contributed by atoms with Gasteiger partial charge in [0, 0.05) is 19.8 Å². The number of halogens is 3. The molecule has 0 heterocycles. The molecule has 3 nitrogen and oxygen atoms in total. The van der Waals surface area contributed by atoms with Gasteiger partial charge < -0.3 is 15.3 Å². The van der Waals surface area contributed by atoms with Gasteiger partial charge in [-0.1, -0.05) is 0 Å². The maximum atomic E-state index is 7.57. The van der Waals surface area contributed by atoms with Crippen molar-refractivity contribution >= 4 is 36.7 Å². The van der Waals surface area contributed by atoms with Crippen molar-refractivity contribution < 1.29 is 30.0 Å². The summed E-state index contributed by atoms with van der Waals surface area (Å²) in [5.41, 5.74) is 0. The van der Waals surface area contributed by atoms with Gasteiger partial charge in [-0.15, -0.1) is 0 Å². The summed E-state index contributed by atoms with van der Waals surface area (Å²) < 4.78 is 0. The van der Waals surface area contributed by atoms with Gasteiger partial charge in [0.05, 0.1) is 0 Å². The van der Waals surface area contributed by atoms with Crippen LogP contribution in [0, 0.1) is 0 Å². The van der Waals surface area contributed by atoms with Crippen LogP contribution in [0.3, 0.4) is 0 Å². The van der Waals surface area contributed by atoms with E-state index in [1.807, 2.05) is 0 Å². The van der Waals surface area contributed by atoms with Crippen molar-refractivity contribution in [3.05, 3.63) is 0 Å². The fourth-order valence-corrected chi connectivity index (χ4v) is 0. The van der Waals surface area contributed by atoms with Crippen molar-refractivity contribution in [3.63, 3.8) is 0 Å². The van der Waals surface area contributed by atoms with Gasteiger partial charge in [0.2, 0.25) is 0 Å². The van der Waals surface area contributed by atoms with Gasteiger partial charge in [-0.3, -0.25) is 0 Å². The Labute approximate surface area is 106 Å². The van der Waals surface area contributed by atoms with E-state index in [1.54, 1.807) is 20.8 Å². The summed E-state index contributed by atoms with van der Waals surface area (Å²) in [6.45, 7) is 5.79. The van der Waals surface area contributed by atoms with Crippen molar-refractivity contribution in [2.45, 2.75) is 20.8 Å². The van der Waals surface area contributed by atoms with Crippen LogP contribution in [0.5, 0.6) is 0 Å². The number of aliphatic hydroxyl groups excluding tert-OH is 3. The first-order valence-electron chi connectivity index (χ1n) is 3.64. The molecule has 0 aliphatic carbocycles. The zero-order chi connectivity index (χ0) is 11.7. The minimum atomic E-state index is -1.11. The Morgan fingerprint density at radius 3 is 0.769 bits per heavy atom. The molecule has 0 saturated heterocycles. The van der Waals surface area contributed by atoms with Gasteiger partial charge in [-0.2, -0.15) is 0 Å². The molecule has 3 N–H and O–H groups in total. The average molecular weight is 469 g/mol. The second kappa shape index (κ2) is 36.8. The summed E-state index contributed by atoms with van der Waals surface area (Å²) >= 11 is 8.80. The molecule has 0 fully saturated rings. The molecule has 0 rings (SSSR count). The molecule has 0 amide bonds. The molecule has 7 heteroatoms. The van der Waals surface area contributed by atoms with Gasteiger partial charge in [0.15, 0.2) is 0 Å². The molecule has 0 aliphatic heterocycles. The quantitative estimate of drug-likeness (QED) is 0.512. The summed E-state index contributed by atoms with van der Waals surface area (Å²) in [5, 5.41) is 22.7. The fourth-order valence-electron chi connectivity index (χ4n) is 0. The third-order valence-corrected chi connectivity index (χ3v) is 0. The third-order valence-electron chi connectivity index (χ3n) is 0. The summed E-state index contributed by atoms with van der Waals surface area (Å²) in [5.74, 6) is 0. The molecule has 0 aromatic heterocycles. The Morgan fingerprint density at radius 2 is 0.769 bits per heavy atom. The van der Waals surface area contributed by atoms with Crippen LogP contribution in [0.4, 0.5) is 0 Å². The van der Waals surface area contributed by atoms with E-state index in [0.29, 0.717) is 0 Å². The topological polar surface area (TPSA) is 60.7 Å². The molecule has 0 aliphatic rings. The summed E-state index contributed by atoms with van der Waals surface area (Å²) in [6, 6.07) is 0. The van der Waals surface area contributed by atoms with E-state index in [4.69, 9.17) is 15.3 Å². The van der Waals surface area contributed by atoms with Crippen LogP contribution >= 0.6 is 36.7 Å². The number of aliphatic hydroxyl groups is 3. The Bertz CT molecular complexity index is 44.6. The molecule has 0 atom stereocenters. The van der Waals surface area contributed by atoms with E-state index < -0.39 is 14.7 Å². The van der Waals surface area contributed by atoms with Gasteiger partial charge in [-0.25, -0.2) is 0 Å². The standard InChI is InChI=1S/3C2H6O.3BrH.Zr/c3*1-2-3;;;;/h3*3H,2H2,1H3;3*1H;/q;;;;;;+3/p-3. The summed E-state index contributed by atoms with van der Waals surface area (Å²) in [4.78, 5) is 0. The first-order chi connectivity index (χ1) is 5.97. The zero-order valence-corrected chi connectivity index (χ0v) is 15.3. The molecule has 0 radical (unpaired) electrons. The predicted octanol–water partition coefficient (Wildman–Crippen LogP) is 2.53. The molecule has 0 unspecified atom stereocenters. The fraction of sp³-hybridized carbons (Fsp3) is 1.00. The third kappa shape index (κ3) is 436. The van der Waals surface area contributed by atoms with E-state index in [9.17, 15) is 0 Å². The van der Waals surface area contributed by atoms with E-state index in [1.165, 1.54) is 0 Å². The maximum absolute atomic E-state index is 7.57. The second-order valence-corrected chi connectivity index (χ2v) is 35.2. The van der Waals surface area contributed by atoms with Crippen LogP contribution in [0.2, 0.25) is 0 Å². The molecule has 0 aromatic rings. The Morgan fingerprint density at radius 1 is 0.769 bits per heavy atom. The zero-order valence-electron chi connectivity index (χ0n) is 8.10. The first kappa shape index (κ1) is 24.4. The molecule has 0 bridgehead atoms. The Balaban J connectivity index is -0.0000000420. The van der Waals surface area contributed by atoms with Crippen molar-refractivity contribution in [2.24, 2.45) is 0 Å². The SMILES string of the molecule is CCO.CCO.CCO.[Br][Zr]([Br])[Br]. The van der Waals surface area contributed by atoms with Crippen LogP contribution in [-0.2, 0) is 14.7 Å². The molecule has 85 valence electrons. The van der Waals surface area contributed by atoms with Crippen LogP contribution in [-0.4, -0.2) is 35.1 Å². The van der Waals surface area contributed by atoms with Gasteiger partial charge in [-0.05, 0) is 20.8 Å². The number of rotatable bonds is 0. The first-order valence-corrected chi connectivity index (χ1v) is 20.5. The molecule has 13 heavy (non-hydrogen) atoms. The van der Waals surface area contributed by atoms with Crippen molar-refractivity contribution in [3.8, 4) is 0 Å². The van der Waals surface area contributed by atoms with Crippen molar-refractivity contribution in [2.75, 3.05) is 19.8 Å². The van der Waals surface area contributed by atoms with Crippen LogP contribution in [0.25, 0.3) is 0 Å². The molecular formula is C6H18Br3O3Zr. The second-order valence-electron chi connectivity index (χ2n) is 1.16. The van der Waals surface area contributed by atoms with E-state index in [-0.39, 0.29) is 19.8 Å². The monoisotopic (exact) mass is 465 g/mol. The van der Waals surface area contributed by atoms with Crippen molar-refractivity contribution in [1.29, 1.82) is 0 Å². The predicted molar refractivity (Wildman–Crippen MR) is 65.1 cm³/mol. The normalized spacial score (nSPS) is 6.23. The Kier molecular flexibility index (Phi) is 69.2. The Hall–Kier alpha value is 2.20. The molecule has 0 aromatic carbocycles. The van der Waals surface area contributed by atoms with E-state index in [2.05, 4.69) is 36.7 Å². The van der Waals surface area contributed by atoms with Crippen LogP contribution < -0.4 is 0 Å². The number of hydrogen-bond donors (Lipinski definition) is 3. The van der Waals surface area contributed by atoms with E-state index >= 15 is 0 Å². The molecular weight excluding hydrogens is 451 g/mol. The molecule has 0 saturated carbocycles. The van der Waals surface area contributed by atoms with Crippen molar-refractivity contribution in [1.82, 2.24) is 0 Å². The van der Waals surface area contributed by atoms with Gasteiger partial charge in [0.1, 0.15) is 0 Å². The minimum absolute atomic E-state index is 0.250. The summed E-state index contributed by atoms with van der Waals surface area (Å²) in [6.07, 6.45) is 0. The summed E-state index contributed by atoms with van der Waals surface area (Å²) in [7, 11) is 0. The van der Waals surface area contributed by atoms with Crippen LogP contribution in [0.1, 0.15) is 20.8 Å². The van der Waals surface area contributed by atoms with Gasteiger partial charge in [0.25, 0.3) is 0 Å². The van der Waals surface area contributed by atoms with Crippen LogP contribution in [0.15, 0.2) is 0 Å². The van der Waals surface area contributed by atoms with Gasteiger partial charge >= 0.3 is 51.4 Å². The van der Waals surface area contributed by atoms with E-state index in [0.717, 1.165) is 0 Å². The molecule has 0 spiro atoms. The average Bonchev–Trinajstić information content (AvgIpc) is 1.88.